The van der Waals surface area contributed by atoms with Gasteiger partial charge in [-0.15, -0.1) is 0 Å². The maximum absolute atomic E-state index is 13.2. The Hall–Kier alpha value is -3.20. The summed E-state index contributed by atoms with van der Waals surface area (Å²) in [5, 5.41) is -1.07. The zero-order valence-corrected chi connectivity index (χ0v) is 20.9. The number of amides is 1. The molecule has 2 N–H and O–H groups in total. The number of anilines is 1. The monoisotopic (exact) mass is 485 g/mol. The Kier molecular flexibility index (Phi) is 7.45. The lowest BCUT2D eigenvalue weighted by Gasteiger charge is -2.33. The standard InChI is InChI=1S/C21H22N2O2.C4H9NO3S/c1-4-8-17(23(13(2)3)19-14-9-7-10-15(14)19)20(24)21-22-16-11-5-6-12-18(16)25-21;1-3(4(5)6)9(2,7)8/h5-7,9-13,17H,4,8H2,1-3H3;3H,1-2H3,(H2,5,6)/t17-;/m0./s1. The van der Waals surface area contributed by atoms with Gasteiger partial charge >= 0.3 is 0 Å². The Morgan fingerprint density at radius 3 is 2.15 bits per heavy atom. The number of hydrogen-bond donors (Lipinski definition) is 1. The van der Waals surface area contributed by atoms with Crippen molar-refractivity contribution >= 4 is 38.3 Å². The fourth-order valence-corrected chi connectivity index (χ4v) is 4.26. The third-order valence-corrected chi connectivity index (χ3v) is 7.34. The minimum Gasteiger partial charge on any atom is -0.434 e. The fraction of sp³-hybridized carbons (Fsp3) is 0.400. The molecule has 2 atom stereocenters. The average molecular weight is 486 g/mol. The summed E-state index contributed by atoms with van der Waals surface area (Å²) < 4.78 is 26.7. The van der Waals surface area contributed by atoms with Crippen LogP contribution in [0.4, 0.5) is 5.69 Å². The second kappa shape index (κ2) is 9.97. The van der Waals surface area contributed by atoms with E-state index in [1.54, 1.807) is 0 Å². The third-order valence-electron chi connectivity index (χ3n) is 5.83. The Morgan fingerprint density at radius 2 is 1.68 bits per heavy atom. The Bertz CT molecular complexity index is 1260. The van der Waals surface area contributed by atoms with Gasteiger partial charge in [-0.1, -0.05) is 43.7 Å². The van der Waals surface area contributed by atoms with Crippen molar-refractivity contribution in [2.24, 2.45) is 5.73 Å². The highest BCUT2D eigenvalue weighted by Crippen LogP contribution is 2.53. The van der Waals surface area contributed by atoms with Crippen molar-refractivity contribution in [1.82, 2.24) is 4.98 Å². The topological polar surface area (TPSA) is 124 Å². The van der Waals surface area contributed by atoms with E-state index in [2.05, 4.69) is 48.9 Å². The molecule has 0 aliphatic heterocycles. The molecule has 182 valence electrons. The number of nitrogens with zero attached hydrogens (tertiary/aromatic N) is 2. The molecular formula is C25H31N3O5S. The lowest BCUT2D eigenvalue weighted by atomic mass is 10.0. The number of rotatable bonds is 9. The number of aromatic nitrogens is 1. The average Bonchev–Trinajstić information content (AvgIpc) is 3.13. The number of carbonyl (C=O) groups excluding carboxylic acids is 2. The number of sulfone groups is 1. The molecule has 1 amide bonds. The molecule has 2 aliphatic carbocycles. The second-order valence-electron chi connectivity index (χ2n) is 8.73. The summed E-state index contributed by atoms with van der Waals surface area (Å²) in [7, 11) is -3.28. The molecular weight excluding hydrogens is 454 g/mol. The number of fused-ring (bicyclic) bond motifs is 2. The lowest BCUT2D eigenvalue weighted by Crippen LogP contribution is -2.44. The number of ketones is 1. The molecule has 1 heterocycles. The van der Waals surface area contributed by atoms with E-state index in [4.69, 9.17) is 10.2 Å². The predicted molar refractivity (Wildman–Crippen MR) is 134 cm³/mol. The summed E-state index contributed by atoms with van der Waals surface area (Å²) in [5.74, 6) is -0.627. The molecule has 1 aromatic heterocycles. The molecule has 0 radical (unpaired) electrons. The van der Waals surface area contributed by atoms with Crippen LogP contribution in [-0.4, -0.2) is 48.7 Å². The zero-order chi connectivity index (χ0) is 25.2. The highest BCUT2D eigenvalue weighted by atomic mass is 32.2. The number of primary amides is 1. The van der Waals surface area contributed by atoms with Crippen molar-refractivity contribution in [3.63, 3.8) is 0 Å². The van der Waals surface area contributed by atoms with Gasteiger partial charge < -0.3 is 15.1 Å². The van der Waals surface area contributed by atoms with Crippen molar-refractivity contribution in [2.45, 2.75) is 57.9 Å². The van der Waals surface area contributed by atoms with Crippen molar-refractivity contribution in [2.75, 3.05) is 11.2 Å². The second-order valence-corrected chi connectivity index (χ2v) is 11.1. The van der Waals surface area contributed by atoms with Gasteiger partial charge in [-0.2, -0.15) is 0 Å². The van der Waals surface area contributed by atoms with Gasteiger partial charge in [0.05, 0.1) is 11.7 Å². The predicted octanol–water partition coefficient (Wildman–Crippen LogP) is 3.98. The summed E-state index contributed by atoms with van der Waals surface area (Å²) in [6, 6.07) is 13.8. The molecule has 4 rings (SSSR count). The molecule has 0 bridgehead atoms. The number of oxazole rings is 1. The summed E-state index contributed by atoms with van der Waals surface area (Å²) in [5.41, 5.74) is 9.83. The van der Waals surface area contributed by atoms with Gasteiger partial charge in [0.1, 0.15) is 10.8 Å². The number of para-hydroxylation sites is 3. The molecule has 1 unspecified atom stereocenters. The third kappa shape index (κ3) is 5.30. The highest BCUT2D eigenvalue weighted by molar-refractivity contribution is 7.92. The maximum Gasteiger partial charge on any atom is 0.266 e. The van der Waals surface area contributed by atoms with E-state index in [0.717, 1.165) is 24.6 Å². The van der Waals surface area contributed by atoms with Gasteiger partial charge in [0.2, 0.25) is 11.7 Å². The molecule has 2 aromatic rings. The molecule has 9 heteroatoms. The fourth-order valence-electron chi connectivity index (χ4n) is 3.84. The van der Waals surface area contributed by atoms with E-state index in [-0.39, 0.29) is 23.8 Å². The van der Waals surface area contributed by atoms with E-state index in [1.807, 2.05) is 24.3 Å². The van der Waals surface area contributed by atoms with Crippen LogP contribution >= 0.6 is 0 Å². The van der Waals surface area contributed by atoms with E-state index < -0.39 is 21.0 Å². The molecule has 1 aromatic carbocycles. The van der Waals surface area contributed by atoms with Gasteiger partial charge in [-0.25, -0.2) is 13.4 Å². The quantitative estimate of drug-likeness (QED) is 0.356. The molecule has 8 nitrogen and oxygen atoms in total. The molecule has 34 heavy (non-hydrogen) atoms. The van der Waals surface area contributed by atoms with Crippen LogP contribution in [0.2, 0.25) is 0 Å². The van der Waals surface area contributed by atoms with E-state index in [1.165, 1.54) is 23.7 Å². The van der Waals surface area contributed by atoms with Crippen LogP contribution in [0.1, 0.15) is 51.2 Å². The van der Waals surface area contributed by atoms with Crippen LogP contribution in [0.15, 0.2) is 46.9 Å². The molecule has 0 saturated heterocycles. The van der Waals surface area contributed by atoms with E-state index >= 15 is 0 Å². The van der Waals surface area contributed by atoms with Crippen molar-refractivity contribution in [3.05, 3.63) is 48.4 Å². The number of hydrogen-bond acceptors (Lipinski definition) is 7. The maximum atomic E-state index is 13.2. The molecule has 0 spiro atoms. The van der Waals surface area contributed by atoms with Crippen molar-refractivity contribution < 1.29 is 22.4 Å². The zero-order valence-electron chi connectivity index (χ0n) is 20.1. The van der Waals surface area contributed by atoms with Gasteiger partial charge in [0.15, 0.2) is 15.4 Å². The molecule has 0 saturated carbocycles. The van der Waals surface area contributed by atoms with E-state index in [0.29, 0.717) is 5.58 Å². The highest BCUT2D eigenvalue weighted by Gasteiger charge is 2.38. The minimum absolute atomic E-state index is 0.0330. The number of carbonyl (C=O) groups is 2. The summed E-state index contributed by atoms with van der Waals surface area (Å²) in [6.07, 6.45) is 2.68. The summed E-state index contributed by atoms with van der Waals surface area (Å²) in [6.45, 7) is 7.63. The largest absolute Gasteiger partial charge is 0.434 e. The van der Waals surface area contributed by atoms with Crippen LogP contribution in [0, 0.1) is 0 Å². The summed E-state index contributed by atoms with van der Waals surface area (Å²) in [4.78, 5) is 30.1. The van der Waals surface area contributed by atoms with Gasteiger partial charge in [-0.3, -0.25) is 9.59 Å². The van der Waals surface area contributed by atoms with Crippen LogP contribution in [0.5, 0.6) is 0 Å². The Balaban J connectivity index is 0.000000309. The first-order valence-electron chi connectivity index (χ1n) is 11.3. The lowest BCUT2D eigenvalue weighted by molar-refractivity contribution is -0.117. The first kappa shape index (κ1) is 25.4. The SMILES string of the molecule is CC(C(N)=O)S(C)(=O)=O.CCC[C@@H](C(=O)c1nc2ccccc2o1)N(c1c2cccc1-2)C(C)C. The van der Waals surface area contributed by atoms with E-state index in [9.17, 15) is 18.0 Å². The number of nitrogens with two attached hydrogens (primary N) is 1. The normalized spacial score (nSPS) is 13.7. The van der Waals surface area contributed by atoms with Crippen molar-refractivity contribution in [3.8, 4) is 11.1 Å². The van der Waals surface area contributed by atoms with Crippen LogP contribution in [0.25, 0.3) is 22.2 Å². The van der Waals surface area contributed by atoms with Crippen LogP contribution < -0.4 is 10.6 Å². The smallest absolute Gasteiger partial charge is 0.266 e. The number of benzene rings is 2. The van der Waals surface area contributed by atoms with Crippen molar-refractivity contribution in [1.29, 1.82) is 0 Å². The molecule has 2 aliphatic rings. The van der Waals surface area contributed by atoms with Crippen LogP contribution in [-0.2, 0) is 14.6 Å². The van der Waals surface area contributed by atoms with Gasteiger partial charge in [0, 0.05) is 23.4 Å². The first-order valence-corrected chi connectivity index (χ1v) is 13.2. The van der Waals surface area contributed by atoms with Gasteiger partial charge in [0.25, 0.3) is 5.89 Å². The first-order chi connectivity index (χ1) is 16.0. The molecule has 0 fully saturated rings. The Morgan fingerprint density at radius 1 is 1.06 bits per heavy atom. The van der Waals surface area contributed by atoms with Crippen LogP contribution in [0.3, 0.4) is 0 Å². The minimum atomic E-state index is -3.28. The summed E-state index contributed by atoms with van der Waals surface area (Å²) >= 11 is 0. The van der Waals surface area contributed by atoms with Gasteiger partial charge in [-0.05, 0) is 39.3 Å². The Labute approximate surface area is 200 Å². The number of Topliss-reactive ketones (excluding diaryl/α,β-unsaturated/α-hetero) is 1.